The third-order valence-electron chi connectivity index (χ3n) is 8.15. The number of fused-ring (bicyclic) bond motifs is 1. The van der Waals surface area contributed by atoms with E-state index in [0.717, 1.165) is 46.8 Å². The van der Waals surface area contributed by atoms with Gasteiger partial charge in [-0.2, -0.15) is 0 Å². The Balaban J connectivity index is 1.20. The lowest BCUT2D eigenvalue weighted by molar-refractivity contribution is -0.124. The molecule has 6 rings (SSSR count). The summed E-state index contributed by atoms with van der Waals surface area (Å²) >= 11 is 0. The van der Waals surface area contributed by atoms with Gasteiger partial charge in [0.1, 0.15) is 0 Å². The maximum atomic E-state index is 13.3. The number of rotatable bonds is 7. The highest BCUT2D eigenvalue weighted by Gasteiger charge is 2.20. The molecule has 2 amide bonds. The van der Waals surface area contributed by atoms with Crippen LogP contribution in [0.4, 0.5) is 17.2 Å². The van der Waals surface area contributed by atoms with E-state index in [-0.39, 0.29) is 23.1 Å². The van der Waals surface area contributed by atoms with Crippen molar-refractivity contribution in [1.29, 1.82) is 0 Å². The first-order valence-corrected chi connectivity index (χ1v) is 15.3. The number of hydrogen-bond donors (Lipinski definition) is 3. The van der Waals surface area contributed by atoms with Crippen LogP contribution in [0.15, 0.2) is 97.0 Å². The van der Waals surface area contributed by atoms with Crippen LogP contribution in [0.25, 0.3) is 16.9 Å². The molecule has 1 aliphatic heterocycles. The first-order chi connectivity index (χ1) is 21.6. The van der Waals surface area contributed by atoms with Crippen molar-refractivity contribution in [3.63, 3.8) is 0 Å². The van der Waals surface area contributed by atoms with Gasteiger partial charge in [-0.15, -0.1) is 0 Å². The molecule has 9 nitrogen and oxygen atoms in total. The van der Waals surface area contributed by atoms with Crippen molar-refractivity contribution in [2.75, 3.05) is 30.3 Å². The Morgan fingerprint density at radius 3 is 2.71 bits per heavy atom. The molecule has 1 fully saturated rings. The average Bonchev–Trinajstić information content (AvgIpc) is 3.33. The van der Waals surface area contributed by atoms with E-state index < -0.39 is 0 Å². The van der Waals surface area contributed by atoms with Gasteiger partial charge in [-0.1, -0.05) is 75.4 Å². The Kier molecular flexibility index (Phi) is 8.36. The van der Waals surface area contributed by atoms with E-state index in [1.54, 1.807) is 6.20 Å². The van der Waals surface area contributed by atoms with E-state index >= 15 is 0 Å². The number of anilines is 3. The largest absolute Gasteiger partial charge is 0.354 e. The number of piperazine rings is 1. The third kappa shape index (κ3) is 7.05. The number of aromatic nitrogens is 3. The summed E-state index contributed by atoms with van der Waals surface area (Å²) in [6.07, 6.45) is 15.6. The minimum atomic E-state index is -0.369. The molecular formula is C36H39N7O2. The van der Waals surface area contributed by atoms with E-state index in [2.05, 4.69) is 70.9 Å². The lowest BCUT2D eigenvalue weighted by Crippen LogP contribution is -2.47. The van der Waals surface area contributed by atoms with Gasteiger partial charge in [0, 0.05) is 55.2 Å². The van der Waals surface area contributed by atoms with Crippen LogP contribution in [0.2, 0.25) is 0 Å². The van der Waals surface area contributed by atoms with E-state index in [1.165, 1.54) is 5.57 Å². The van der Waals surface area contributed by atoms with Crippen molar-refractivity contribution < 1.29 is 9.59 Å². The fourth-order valence-electron chi connectivity index (χ4n) is 5.48. The van der Waals surface area contributed by atoms with Crippen molar-refractivity contribution in [2.24, 2.45) is 11.3 Å². The zero-order valence-corrected chi connectivity index (χ0v) is 26.2. The molecule has 3 heterocycles. The predicted octanol–water partition coefficient (Wildman–Crippen LogP) is 6.03. The van der Waals surface area contributed by atoms with Gasteiger partial charge in [0.25, 0.3) is 0 Å². The quantitative estimate of drug-likeness (QED) is 0.239. The molecule has 0 spiro atoms. The van der Waals surface area contributed by atoms with Crippen molar-refractivity contribution >= 4 is 34.7 Å². The van der Waals surface area contributed by atoms with Crippen LogP contribution in [-0.2, 0) is 16.1 Å². The fraction of sp³-hybridized carbons (Fsp3) is 0.278. The predicted molar refractivity (Wildman–Crippen MR) is 179 cm³/mol. The molecule has 0 saturated carbocycles. The van der Waals surface area contributed by atoms with Crippen molar-refractivity contribution in [1.82, 2.24) is 24.6 Å². The van der Waals surface area contributed by atoms with Gasteiger partial charge in [-0.3, -0.25) is 14.5 Å². The number of allylic oxidation sites excluding steroid dienone is 4. The van der Waals surface area contributed by atoms with E-state index in [4.69, 9.17) is 4.98 Å². The van der Waals surface area contributed by atoms with Crippen LogP contribution < -0.4 is 16.0 Å². The van der Waals surface area contributed by atoms with Crippen molar-refractivity contribution in [3.05, 3.63) is 108 Å². The SMILES string of the molecule is Cc1ccc(-c2cn3ccnc3c(Nc3ccc(CN4CCNC(=O)C4)cc3)n2)cc1NC(=O)C1C=CC=C(C(C)(C)C)C=C1. The first kappa shape index (κ1) is 30.0. The Morgan fingerprint density at radius 1 is 1.11 bits per heavy atom. The van der Waals surface area contributed by atoms with Gasteiger partial charge in [0.05, 0.1) is 18.2 Å². The normalized spacial score (nSPS) is 17.1. The molecule has 2 aromatic heterocycles. The molecule has 1 saturated heterocycles. The summed E-state index contributed by atoms with van der Waals surface area (Å²) in [5.74, 6) is 0.239. The molecule has 1 unspecified atom stereocenters. The molecular weight excluding hydrogens is 562 g/mol. The molecule has 1 atom stereocenters. The summed E-state index contributed by atoms with van der Waals surface area (Å²) in [6.45, 7) is 11.1. The van der Waals surface area contributed by atoms with Crippen LogP contribution >= 0.6 is 0 Å². The maximum Gasteiger partial charge on any atom is 0.235 e. The van der Waals surface area contributed by atoms with E-state index in [1.807, 2.05) is 72.3 Å². The molecule has 1 aliphatic carbocycles. The smallest absolute Gasteiger partial charge is 0.235 e. The number of aryl methyl sites for hydroxylation is 1. The first-order valence-electron chi connectivity index (χ1n) is 15.3. The number of hydrogen-bond acceptors (Lipinski definition) is 6. The number of carbonyl (C=O) groups excluding carboxylic acids is 2. The Morgan fingerprint density at radius 2 is 1.93 bits per heavy atom. The van der Waals surface area contributed by atoms with Crippen LogP contribution in [0.5, 0.6) is 0 Å². The highest BCUT2D eigenvalue weighted by Crippen LogP contribution is 2.30. The van der Waals surface area contributed by atoms with E-state index in [9.17, 15) is 9.59 Å². The number of carbonyl (C=O) groups is 2. The van der Waals surface area contributed by atoms with Crippen LogP contribution in [0.3, 0.4) is 0 Å². The van der Waals surface area contributed by atoms with Crippen LogP contribution in [0.1, 0.15) is 31.9 Å². The average molecular weight is 602 g/mol. The highest BCUT2D eigenvalue weighted by molar-refractivity contribution is 5.96. The lowest BCUT2D eigenvalue weighted by Gasteiger charge is -2.26. The van der Waals surface area contributed by atoms with Crippen LogP contribution in [0, 0.1) is 18.3 Å². The second-order valence-electron chi connectivity index (χ2n) is 12.7. The number of benzene rings is 2. The number of amides is 2. The summed E-state index contributed by atoms with van der Waals surface area (Å²) in [7, 11) is 0. The standard InChI is InChI=1S/C36H39N7O2/c1-24-8-11-27(20-30(24)41-35(45)26-6-5-7-28(13-12-26)36(2,3)4)31-22-43-19-17-38-34(43)33(40-31)39-29-14-9-25(10-15-29)21-42-18-16-37-32(44)23-42/h5-15,17,19-20,22,26H,16,18,21,23H2,1-4H3,(H,37,44)(H,39,40)(H,41,45). The van der Waals surface area contributed by atoms with Gasteiger partial charge in [-0.25, -0.2) is 9.97 Å². The zero-order valence-electron chi connectivity index (χ0n) is 26.2. The third-order valence-corrected chi connectivity index (χ3v) is 8.15. The topological polar surface area (TPSA) is 104 Å². The Bertz CT molecular complexity index is 1830. The van der Waals surface area contributed by atoms with Gasteiger partial charge < -0.3 is 20.4 Å². The van der Waals surface area contributed by atoms with Gasteiger partial charge >= 0.3 is 0 Å². The summed E-state index contributed by atoms with van der Waals surface area (Å²) in [5, 5.41) is 9.45. The monoisotopic (exact) mass is 601 g/mol. The van der Waals surface area contributed by atoms with Crippen molar-refractivity contribution in [2.45, 2.75) is 34.2 Å². The highest BCUT2D eigenvalue weighted by atomic mass is 16.2. The minimum absolute atomic E-state index is 0.00523. The molecule has 45 heavy (non-hydrogen) atoms. The maximum absolute atomic E-state index is 13.3. The second-order valence-corrected chi connectivity index (χ2v) is 12.7. The van der Waals surface area contributed by atoms with Crippen molar-refractivity contribution in [3.8, 4) is 11.3 Å². The molecule has 0 bridgehead atoms. The molecule has 230 valence electrons. The Hall–Kier alpha value is -5.02. The summed E-state index contributed by atoms with van der Waals surface area (Å²) in [4.78, 5) is 36.7. The Labute approximate surface area is 263 Å². The molecule has 4 aromatic rings. The lowest BCUT2D eigenvalue weighted by atomic mass is 9.86. The van der Waals surface area contributed by atoms with Crippen LogP contribution in [-0.4, -0.2) is 50.7 Å². The molecule has 2 aromatic carbocycles. The number of imidazole rings is 1. The second kappa shape index (κ2) is 12.5. The van der Waals surface area contributed by atoms with Gasteiger partial charge in [-0.05, 0) is 47.2 Å². The summed E-state index contributed by atoms with van der Waals surface area (Å²) in [6, 6.07) is 14.2. The molecule has 0 radical (unpaired) electrons. The summed E-state index contributed by atoms with van der Waals surface area (Å²) < 4.78 is 1.94. The number of nitrogens with zero attached hydrogens (tertiary/aromatic N) is 4. The summed E-state index contributed by atoms with van der Waals surface area (Å²) in [5.41, 5.74) is 7.25. The molecule has 2 aliphatic rings. The van der Waals surface area contributed by atoms with E-state index in [0.29, 0.717) is 24.6 Å². The van der Waals surface area contributed by atoms with Gasteiger partial charge in [0.2, 0.25) is 11.8 Å². The minimum Gasteiger partial charge on any atom is -0.354 e. The zero-order chi connectivity index (χ0) is 31.6. The molecule has 3 N–H and O–H groups in total. The fourth-order valence-corrected chi connectivity index (χ4v) is 5.48. The number of nitrogens with one attached hydrogen (secondary N) is 3. The molecule has 9 heteroatoms. The van der Waals surface area contributed by atoms with Gasteiger partial charge in [0.15, 0.2) is 11.5 Å².